The average molecular weight is 289 g/mol. The first kappa shape index (κ1) is 11.9. The molecule has 0 atom stereocenters. The van der Waals surface area contributed by atoms with Crippen molar-refractivity contribution in [2.75, 3.05) is 0 Å². The fourth-order valence-corrected chi connectivity index (χ4v) is 3.20. The highest BCUT2D eigenvalue weighted by molar-refractivity contribution is 7.13. The second-order valence-corrected chi connectivity index (χ2v) is 5.61. The lowest BCUT2D eigenvalue weighted by Crippen LogP contribution is -1.89. The van der Waals surface area contributed by atoms with Gasteiger partial charge < -0.3 is 0 Å². The van der Waals surface area contributed by atoms with Gasteiger partial charge in [0.2, 0.25) is 0 Å². The zero-order valence-corrected chi connectivity index (χ0v) is 11.1. The lowest BCUT2D eigenvalue weighted by molar-refractivity contribution is 0.105. The number of hydrogen-bond acceptors (Lipinski definition) is 3. The Hall–Kier alpha value is -0.610. The summed E-state index contributed by atoms with van der Waals surface area (Å²) in [6.45, 7) is 0. The quantitative estimate of drug-likeness (QED) is 0.573. The van der Waals surface area contributed by atoms with Crippen molar-refractivity contribution < 1.29 is 4.79 Å². The molecule has 0 radical (unpaired) electrons. The van der Waals surface area contributed by atoms with Gasteiger partial charge in [0.05, 0.1) is 14.9 Å². The maximum Gasteiger partial charge on any atom is 0.197 e. The van der Waals surface area contributed by atoms with Gasteiger partial charge in [-0.05, 0) is 35.0 Å². The summed E-state index contributed by atoms with van der Waals surface area (Å²) in [5.41, 5.74) is 0. The molecule has 0 aliphatic heterocycles. The molecule has 82 valence electrons. The van der Waals surface area contributed by atoms with Crippen LogP contribution in [0.5, 0.6) is 0 Å². The van der Waals surface area contributed by atoms with Crippen LogP contribution in [-0.4, -0.2) is 5.78 Å². The molecule has 2 aromatic heterocycles. The molecule has 0 N–H and O–H groups in total. The van der Waals surface area contributed by atoms with E-state index in [2.05, 4.69) is 0 Å². The molecule has 0 amide bonds. The monoisotopic (exact) mass is 288 g/mol. The van der Waals surface area contributed by atoms with E-state index in [9.17, 15) is 4.79 Å². The van der Waals surface area contributed by atoms with E-state index in [4.69, 9.17) is 23.2 Å². The number of carbonyl (C=O) groups excluding carboxylic acids is 1. The fourth-order valence-electron chi connectivity index (χ4n) is 1.12. The highest BCUT2D eigenvalue weighted by Gasteiger charge is 2.08. The van der Waals surface area contributed by atoms with Crippen LogP contribution in [0.3, 0.4) is 0 Å². The molecule has 0 aliphatic carbocycles. The standard InChI is InChI=1S/C11H6Cl2OS2/c12-7-3-5-15-10(7)2-1-9(14)11-8(13)4-6-16-11/h1-6H/b2-1+. The van der Waals surface area contributed by atoms with Gasteiger partial charge in [-0.3, -0.25) is 4.79 Å². The van der Waals surface area contributed by atoms with Crippen LogP contribution in [0.25, 0.3) is 6.08 Å². The Labute approximate surface area is 111 Å². The van der Waals surface area contributed by atoms with Gasteiger partial charge in [0.15, 0.2) is 5.78 Å². The third-order valence-corrected chi connectivity index (χ3v) is 4.55. The predicted octanol–water partition coefficient (Wildman–Crippen LogP) is 5.01. The molecule has 5 heteroatoms. The number of carbonyl (C=O) groups is 1. The Morgan fingerprint density at radius 3 is 2.38 bits per heavy atom. The summed E-state index contributed by atoms with van der Waals surface area (Å²) in [6.07, 6.45) is 3.21. The van der Waals surface area contributed by atoms with Crippen molar-refractivity contribution in [3.8, 4) is 0 Å². The van der Waals surface area contributed by atoms with Crippen molar-refractivity contribution in [1.82, 2.24) is 0 Å². The van der Waals surface area contributed by atoms with Crippen LogP contribution in [-0.2, 0) is 0 Å². The Morgan fingerprint density at radius 2 is 1.81 bits per heavy atom. The van der Waals surface area contributed by atoms with E-state index in [-0.39, 0.29) is 5.78 Å². The van der Waals surface area contributed by atoms with E-state index in [1.54, 1.807) is 23.6 Å². The van der Waals surface area contributed by atoms with Crippen molar-refractivity contribution in [2.24, 2.45) is 0 Å². The Balaban J connectivity index is 2.17. The molecule has 0 spiro atoms. The van der Waals surface area contributed by atoms with Crippen LogP contribution in [0.1, 0.15) is 14.5 Å². The molecule has 0 aromatic carbocycles. The number of allylic oxidation sites excluding steroid dienone is 1. The SMILES string of the molecule is O=C(/C=C/c1sccc1Cl)c1sccc1Cl. The summed E-state index contributed by atoms with van der Waals surface area (Å²) in [6, 6.07) is 3.51. The van der Waals surface area contributed by atoms with Crippen molar-refractivity contribution in [2.45, 2.75) is 0 Å². The Bertz CT molecular complexity index is 540. The minimum absolute atomic E-state index is 0.0931. The zero-order valence-electron chi connectivity index (χ0n) is 7.94. The largest absolute Gasteiger partial charge is 0.288 e. The molecule has 0 aliphatic rings. The minimum Gasteiger partial charge on any atom is -0.288 e. The lowest BCUT2D eigenvalue weighted by Gasteiger charge is -1.91. The van der Waals surface area contributed by atoms with E-state index >= 15 is 0 Å². The van der Waals surface area contributed by atoms with Gasteiger partial charge in [0, 0.05) is 4.88 Å². The van der Waals surface area contributed by atoms with Crippen LogP contribution >= 0.6 is 45.9 Å². The number of rotatable bonds is 3. The van der Waals surface area contributed by atoms with Gasteiger partial charge in [-0.2, -0.15) is 0 Å². The lowest BCUT2D eigenvalue weighted by atomic mass is 10.3. The van der Waals surface area contributed by atoms with Crippen LogP contribution in [0, 0.1) is 0 Å². The van der Waals surface area contributed by atoms with Crippen LogP contribution in [0.15, 0.2) is 29.0 Å². The molecule has 16 heavy (non-hydrogen) atoms. The fraction of sp³-hybridized carbons (Fsp3) is 0. The van der Waals surface area contributed by atoms with E-state index in [1.165, 1.54) is 28.7 Å². The predicted molar refractivity (Wildman–Crippen MR) is 72.0 cm³/mol. The summed E-state index contributed by atoms with van der Waals surface area (Å²) < 4.78 is 0. The summed E-state index contributed by atoms with van der Waals surface area (Å²) >= 11 is 14.6. The van der Waals surface area contributed by atoms with E-state index in [1.807, 2.05) is 5.38 Å². The van der Waals surface area contributed by atoms with Crippen molar-refractivity contribution in [3.05, 3.63) is 48.8 Å². The Morgan fingerprint density at radius 1 is 1.12 bits per heavy atom. The topological polar surface area (TPSA) is 17.1 Å². The molecular formula is C11H6Cl2OS2. The molecule has 2 aromatic rings. The number of thiophene rings is 2. The minimum atomic E-state index is -0.0931. The first-order chi connectivity index (χ1) is 7.68. The molecule has 2 heterocycles. The second-order valence-electron chi connectivity index (χ2n) is 2.93. The van der Waals surface area contributed by atoms with E-state index < -0.39 is 0 Å². The zero-order chi connectivity index (χ0) is 11.5. The van der Waals surface area contributed by atoms with Crippen molar-refractivity contribution >= 4 is 57.7 Å². The van der Waals surface area contributed by atoms with Gasteiger partial charge in [0.25, 0.3) is 0 Å². The molecule has 0 unspecified atom stereocenters. The summed E-state index contributed by atoms with van der Waals surface area (Å²) in [5.74, 6) is -0.0931. The van der Waals surface area contributed by atoms with E-state index in [0.29, 0.717) is 14.9 Å². The number of hydrogen-bond donors (Lipinski definition) is 0. The average Bonchev–Trinajstić information content (AvgIpc) is 2.84. The highest BCUT2D eigenvalue weighted by Crippen LogP contribution is 2.25. The second kappa shape index (κ2) is 5.15. The molecule has 1 nitrogen and oxygen atoms in total. The molecule has 0 saturated carbocycles. The van der Waals surface area contributed by atoms with Crippen LogP contribution in [0.2, 0.25) is 10.0 Å². The first-order valence-electron chi connectivity index (χ1n) is 4.37. The van der Waals surface area contributed by atoms with Gasteiger partial charge in [-0.15, -0.1) is 22.7 Å². The molecule has 2 rings (SSSR count). The number of halogens is 2. The Kier molecular flexibility index (Phi) is 3.82. The third kappa shape index (κ3) is 2.55. The molecular weight excluding hydrogens is 283 g/mol. The smallest absolute Gasteiger partial charge is 0.197 e. The first-order valence-corrected chi connectivity index (χ1v) is 6.88. The maximum absolute atomic E-state index is 11.7. The van der Waals surface area contributed by atoms with E-state index in [0.717, 1.165) is 4.88 Å². The molecule has 0 saturated heterocycles. The molecule has 0 bridgehead atoms. The summed E-state index contributed by atoms with van der Waals surface area (Å²) in [5, 5.41) is 4.83. The van der Waals surface area contributed by atoms with Gasteiger partial charge in [-0.1, -0.05) is 23.2 Å². The van der Waals surface area contributed by atoms with Crippen molar-refractivity contribution in [1.29, 1.82) is 0 Å². The normalized spacial score (nSPS) is 11.1. The van der Waals surface area contributed by atoms with Crippen LogP contribution < -0.4 is 0 Å². The third-order valence-electron chi connectivity index (χ3n) is 1.87. The van der Waals surface area contributed by atoms with Gasteiger partial charge in [-0.25, -0.2) is 0 Å². The van der Waals surface area contributed by atoms with Crippen molar-refractivity contribution in [3.63, 3.8) is 0 Å². The molecule has 0 fully saturated rings. The maximum atomic E-state index is 11.7. The highest BCUT2D eigenvalue weighted by atomic mass is 35.5. The van der Waals surface area contributed by atoms with Gasteiger partial charge >= 0.3 is 0 Å². The number of ketones is 1. The van der Waals surface area contributed by atoms with Crippen LogP contribution in [0.4, 0.5) is 0 Å². The summed E-state index contributed by atoms with van der Waals surface area (Å²) in [4.78, 5) is 13.2. The summed E-state index contributed by atoms with van der Waals surface area (Å²) in [7, 11) is 0. The van der Waals surface area contributed by atoms with Gasteiger partial charge in [0.1, 0.15) is 0 Å².